The third-order valence-corrected chi connectivity index (χ3v) is 5.38. The number of aryl methyl sites for hydroxylation is 1. The SMILES string of the molecule is Cc1ccccc1CN1CCN(Cc2nnc(-c3ccccc3Cl)o2)CC1. The van der Waals surface area contributed by atoms with E-state index in [4.69, 9.17) is 16.0 Å². The fourth-order valence-corrected chi connectivity index (χ4v) is 3.60. The van der Waals surface area contributed by atoms with Crippen LogP contribution in [-0.4, -0.2) is 46.2 Å². The molecule has 2 heterocycles. The zero-order valence-corrected chi connectivity index (χ0v) is 16.2. The lowest BCUT2D eigenvalue weighted by Gasteiger charge is -2.34. The minimum atomic E-state index is 0.480. The molecule has 0 N–H and O–H groups in total. The molecular formula is C21H23ClN4O. The molecule has 3 aromatic rings. The lowest BCUT2D eigenvalue weighted by molar-refractivity contribution is 0.114. The monoisotopic (exact) mass is 382 g/mol. The Labute approximate surface area is 164 Å². The Morgan fingerprint density at radius 3 is 2.30 bits per heavy atom. The Morgan fingerprint density at radius 1 is 0.889 bits per heavy atom. The van der Waals surface area contributed by atoms with E-state index in [0.29, 0.717) is 23.3 Å². The molecule has 0 radical (unpaired) electrons. The molecule has 0 amide bonds. The predicted molar refractivity (Wildman–Crippen MR) is 106 cm³/mol. The lowest BCUT2D eigenvalue weighted by atomic mass is 10.1. The van der Waals surface area contributed by atoms with Crippen molar-refractivity contribution in [3.8, 4) is 11.5 Å². The maximum Gasteiger partial charge on any atom is 0.249 e. The smallest absolute Gasteiger partial charge is 0.249 e. The van der Waals surface area contributed by atoms with Gasteiger partial charge in [0.05, 0.1) is 17.1 Å². The van der Waals surface area contributed by atoms with Crippen molar-refractivity contribution in [1.29, 1.82) is 0 Å². The molecule has 5 nitrogen and oxygen atoms in total. The highest BCUT2D eigenvalue weighted by molar-refractivity contribution is 6.33. The summed E-state index contributed by atoms with van der Waals surface area (Å²) in [4.78, 5) is 4.86. The summed E-state index contributed by atoms with van der Waals surface area (Å²) < 4.78 is 5.83. The zero-order chi connectivity index (χ0) is 18.6. The van der Waals surface area contributed by atoms with Crippen LogP contribution in [0.3, 0.4) is 0 Å². The van der Waals surface area contributed by atoms with Gasteiger partial charge in [-0.05, 0) is 30.2 Å². The molecule has 0 bridgehead atoms. The van der Waals surface area contributed by atoms with Crippen molar-refractivity contribution in [2.75, 3.05) is 26.2 Å². The van der Waals surface area contributed by atoms with Gasteiger partial charge >= 0.3 is 0 Å². The summed E-state index contributed by atoms with van der Waals surface area (Å²) in [7, 11) is 0. The molecule has 140 valence electrons. The molecule has 0 spiro atoms. The Bertz CT molecular complexity index is 902. The third kappa shape index (κ3) is 4.38. The van der Waals surface area contributed by atoms with Crippen LogP contribution in [0, 0.1) is 6.92 Å². The van der Waals surface area contributed by atoms with E-state index < -0.39 is 0 Å². The first-order valence-electron chi connectivity index (χ1n) is 9.25. The second kappa shape index (κ2) is 8.21. The second-order valence-corrected chi connectivity index (χ2v) is 7.37. The number of piperazine rings is 1. The van der Waals surface area contributed by atoms with Crippen molar-refractivity contribution in [2.24, 2.45) is 0 Å². The van der Waals surface area contributed by atoms with Crippen molar-refractivity contribution in [1.82, 2.24) is 20.0 Å². The minimum absolute atomic E-state index is 0.480. The molecule has 0 unspecified atom stereocenters. The van der Waals surface area contributed by atoms with E-state index in [2.05, 4.69) is 51.2 Å². The van der Waals surface area contributed by atoms with E-state index in [1.807, 2.05) is 24.3 Å². The lowest BCUT2D eigenvalue weighted by Crippen LogP contribution is -2.45. The normalized spacial score (nSPS) is 15.9. The van der Waals surface area contributed by atoms with Crippen molar-refractivity contribution in [3.63, 3.8) is 0 Å². The van der Waals surface area contributed by atoms with Gasteiger partial charge in [-0.25, -0.2) is 0 Å². The minimum Gasteiger partial charge on any atom is -0.419 e. The van der Waals surface area contributed by atoms with E-state index >= 15 is 0 Å². The van der Waals surface area contributed by atoms with Crippen molar-refractivity contribution in [2.45, 2.75) is 20.0 Å². The van der Waals surface area contributed by atoms with Gasteiger partial charge in [0.1, 0.15) is 0 Å². The second-order valence-electron chi connectivity index (χ2n) is 6.96. The maximum absolute atomic E-state index is 6.21. The number of aromatic nitrogens is 2. The highest BCUT2D eigenvalue weighted by atomic mass is 35.5. The Balaban J connectivity index is 1.32. The van der Waals surface area contributed by atoms with Gasteiger partial charge in [-0.2, -0.15) is 0 Å². The van der Waals surface area contributed by atoms with Crippen LogP contribution in [-0.2, 0) is 13.1 Å². The molecule has 2 aromatic carbocycles. The van der Waals surface area contributed by atoms with Crippen LogP contribution in [0.25, 0.3) is 11.5 Å². The van der Waals surface area contributed by atoms with Crippen LogP contribution < -0.4 is 0 Å². The Hall–Kier alpha value is -2.21. The molecular weight excluding hydrogens is 360 g/mol. The Morgan fingerprint density at radius 2 is 1.56 bits per heavy atom. The summed E-state index contributed by atoms with van der Waals surface area (Å²) in [6.45, 7) is 7.94. The highest BCUT2D eigenvalue weighted by Gasteiger charge is 2.20. The van der Waals surface area contributed by atoms with Gasteiger partial charge in [0.15, 0.2) is 0 Å². The van der Waals surface area contributed by atoms with Gasteiger partial charge in [0.2, 0.25) is 11.8 Å². The summed E-state index contributed by atoms with van der Waals surface area (Å²) in [6.07, 6.45) is 0. The molecule has 0 aliphatic carbocycles. The summed E-state index contributed by atoms with van der Waals surface area (Å²) in [5.41, 5.74) is 3.55. The maximum atomic E-state index is 6.21. The van der Waals surface area contributed by atoms with E-state index in [0.717, 1.165) is 38.3 Å². The molecule has 27 heavy (non-hydrogen) atoms. The largest absolute Gasteiger partial charge is 0.419 e. The van der Waals surface area contributed by atoms with E-state index in [-0.39, 0.29) is 0 Å². The topological polar surface area (TPSA) is 45.4 Å². The van der Waals surface area contributed by atoms with Gasteiger partial charge in [-0.3, -0.25) is 9.80 Å². The first kappa shape index (κ1) is 18.2. The fourth-order valence-electron chi connectivity index (χ4n) is 3.39. The van der Waals surface area contributed by atoms with Gasteiger partial charge in [-0.1, -0.05) is 48.0 Å². The molecule has 0 atom stereocenters. The number of rotatable bonds is 5. The van der Waals surface area contributed by atoms with Gasteiger partial charge in [-0.15, -0.1) is 10.2 Å². The van der Waals surface area contributed by atoms with Gasteiger partial charge < -0.3 is 4.42 Å². The molecule has 1 saturated heterocycles. The van der Waals surface area contributed by atoms with E-state index in [1.54, 1.807) is 0 Å². The molecule has 1 aromatic heterocycles. The third-order valence-electron chi connectivity index (χ3n) is 5.05. The molecule has 6 heteroatoms. The first-order valence-corrected chi connectivity index (χ1v) is 9.63. The predicted octanol–water partition coefficient (Wildman–Crippen LogP) is 4.02. The standard InChI is InChI=1S/C21H23ClN4O/c1-16-6-2-3-7-17(16)14-25-10-12-26(13-11-25)15-20-23-24-21(27-20)18-8-4-5-9-19(18)22/h2-9H,10-15H2,1H3. The van der Waals surface area contributed by atoms with Crippen molar-refractivity contribution in [3.05, 3.63) is 70.6 Å². The quantitative estimate of drug-likeness (QED) is 0.667. The van der Waals surface area contributed by atoms with Crippen LogP contribution >= 0.6 is 11.6 Å². The summed E-state index contributed by atoms with van der Waals surface area (Å²) in [5.74, 6) is 1.12. The average Bonchev–Trinajstić information content (AvgIpc) is 3.14. The summed E-state index contributed by atoms with van der Waals surface area (Å²) in [5, 5.41) is 8.97. The van der Waals surface area contributed by atoms with Crippen LogP contribution in [0.4, 0.5) is 0 Å². The molecule has 1 fully saturated rings. The van der Waals surface area contributed by atoms with E-state index in [1.165, 1.54) is 11.1 Å². The Kier molecular flexibility index (Phi) is 5.53. The van der Waals surface area contributed by atoms with Gasteiger partial charge in [0, 0.05) is 32.7 Å². The van der Waals surface area contributed by atoms with Crippen LogP contribution in [0.2, 0.25) is 5.02 Å². The first-order chi connectivity index (χ1) is 13.2. The number of hydrogen-bond acceptors (Lipinski definition) is 5. The average molecular weight is 383 g/mol. The number of hydrogen-bond donors (Lipinski definition) is 0. The number of halogens is 1. The zero-order valence-electron chi connectivity index (χ0n) is 15.4. The molecule has 4 rings (SSSR count). The summed E-state index contributed by atoms with van der Waals surface area (Å²) in [6, 6.07) is 16.1. The van der Waals surface area contributed by atoms with Crippen LogP contribution in [0.1, 0.15) is 17.0 Å². The van der Waals surface area contributed by atoms with Crippen LogP contribution in [0.5, 0.6) is 0 Å². The van der Waals surface area contributed by atoms with Gasteiger partial charge in [0.25, 0.3) is 0 Å². The fraction of sp³-hybridized carbons (Fsp3) is 0.333. The summed E-state index contributed by atoms with van der Waals surface area (Å²) >= 11 is 6.21. The molecule has 1 aliphatic heterocycles. The highest BCUT2D eigenvalue weighted by Crippen LogP contribution is 2.26. The van der Waals surface area contributed by atoms with Crippen molar-refractivity contribution < 1.29 is 4.42 Å². The molecule has 1 aliphatic rings. The van der Waals surface area contributed by atoms with Crippen molar-refractivity contribution >= 4 is 11.6 Å². The van der Waals surface area contributed by atoms with Crippen LogP contribution in [0.15, 0.2) is 52.9 Å². The number of nitrogens with zero attached hydrogens (tertiary/aromatic N) is 4. The molecule has 0 saturated carbocycles. The number of benzene rings is 2. The van der Waals surface area contributed by atoms with E-state index in [9.17, 15) is 0 Å².